The lowest BCUT2D eigenvalue weighted by molar-refractivity contribution is 0.632. The van der Waals surface area contributed by atoms with Gasteiger partial charge in [0.15, 0.2) is 5.96 Å². The van der Waals surface area contributed by atoms with Gasteiger partial charge in [-0.05, 0) is 31.0 Å². The third-order valence-electron chi connectivity index (χ3n) is 3.69. The summed E-state index contributed by atoms with van der Waals surface area (Å²) in [4.78, 5) is 4.59. The Bertz CT molecular complexity index is 678. The number of benzene rings is 1. The number of aryl methyl sites for hydroxylation is 1. The van der Waals surface area contributed by atoms with Gasteiger partial charge < -0.3 is 15.2 Å². The molecule has 0 aliphatic heterocycles. The first-order valence-corrected chi connectivity index (χ1v) is 9.23. The summed E-state index contributed by atoms with van der Waals surface area (Å²) in [5.41, 5.74) is 0.933. The molecule has 0 saturated heterocycles. The molecule has 0 aliphatic rings. The predicted molar refractivity (Wildman–Crippen MR) is 104 cm³/mol. The van der Waals surface area contributed by atoms with Gasteiger partial charge in [-0.2, -0.15) is 0 Å². The van der Waals surface area contributed by atoms with Gasteiger partial charge in [-0.25, -0.2) is 0 Å². The van der Waals surface area contributed by atoms with Crippen molar-refractivity contribution in [3.05, 3.63) is 46.0 Å². The van der Waals surface area contributed by atoms with E-state index in [1.54, 1.807) is 6.33 Å². The monoisotopic (exact) mass is 382 g/mol. The molecule has 2 rings (SSSR count). The van der Waals surface area contributed by atoms with E-state index >= 15 is 0 Å². The van der Waals surface area contributed by atoms with Gasteiger partial charge in [0.25, 0.3) is 0 Å². The zero-order chi connectivity index (χ0) is 18.1. The lowest BCUT2D eigenvalue weighted by Gasteiger charge is -2.12. The second kappa shape index (κ2) is 10.3. The molecular formula is C17H24Cl2N6. The highest BCUT2D eigenvalue weighted by Gasteiger charge is 2.05. The Morgan fingerprint density at radius 3 is 2.64 bits per heavy atom. The number of nitrogens with zero attached hydrogens (tertiary/aromatic N) is 4. The fourth-order valence-electron chi connectivity index (χ4n) is 2.43. The summed E-state index contributed by atoms with van der Waals surface area (Å²) >= 11 is 12.4. The number of rotatable bonds is 8. The maximum absolute atomic E-state index is 6.20. The van der Waals surface area contributed by atoms with E-state index in [2.05, 4.69) is 32.7 Å². The van der Waals surface area contributed by atoms with Crippen molar-refractivity contribution >= 4 is 29.2 Å². The largest absolute Gasteiger partial charge is 0.357 e. The van der Waals surface area contributed by atoms with Gasteiger partial charge in [0.1, 0.15) is 12.2 Å². The number of aromatic nitrogens is 3. The first-order valence-electron chi connectivity index (χ1n) is 8.47. The molecule has 6 nitrogen and oxygen atoms in total. The molecule has 0 amide bonds. The number of hydrogen-bond donors (Lipinski definition) is 2. The number of guanidine groups is 1. The fourth-order valence-corrected chi connectivity index (χ4v) is 3.01. The number of aliphatic imine (C=N–C) groups is 1. The Morgan fingerprint density at radius 1 is 1.20 bits per heavy atom. The van der Waals surface area contributed by atoms with Gasteiger partial charge in [0.2, 0.25) is 0 Å². The Labute approximate surface area is 158 Å². The van der Waals surface area contributed by atoms with Crippen LogP contribution in [0.15, 0.2) is 29.5 Å². The van der Waals surface area contributed by atoms with Gasteiger partial charge >= 0.3 is 0 Å². The standard InChI is InChI=1S/C17H24Cl2N6/c1-3-16-24-23-12-25(16)11-10-22-17(20-4-2)21-9-8-13-14(18)6-5-7-15(13)19/h5-7,12H,3-4,8-11H2,1-2H3,(H2,20,21,22). The molecule has 1 heterocycles. The van der Waals surface area contributed by atoms with Crippen molar-refractivity contribution in [3.8, 4) is 0 Å². The lowest BCUT2D eigenvalue weighted by atomic mass is 10.1. The smallest absolute Gasteiger partial charge is 0.191 e. The molecule has 8 heteroatoms. The molecule has 0 radical (unpaired) electrons. The topological polar surface area (TPSA) is 67.1 Å². The summed E-state index contributed by atoms with van der Waals surface area (Å²) in [5, 5.41) is 15.9. The molecule has 2 aromatic rings. The first-order chi connectivity index (χ1) is 12.2. The number of halogens is 2. The number of hydrogen-bond acceptors (Lipinski definition) is 3. The van der Waals surface area contributed by atoms with Gasteiger partial charge in [-0.15, -0.1) is 10.2 Å². The molecule has 1 aromatic heterocycles. The summed E-state index contributed by atoms with van der Waals surface area (Å²) in [7, 11) is 0. The van der Waals surface area contributed by atoms with E-state index < -0.39 is 0 Å². The molecule has 0 aliphatic carbocycles. The molecule has 0 spiro atoms. The summed E-state index contributed by atoms with van der Waals surface area (Å²) in [6.07, 6.45) is 3.32. The summed E-state index contributed by atoms with van der Waals surface area (Å²) < 4.78 is 2.04. The molecular weight excluding hydrogens is 359 g/mol. The van der Waals surface area contributed by atoms with Crippen LogP contribution in [0.3, 0.4) is 0 Å². The highest BCUT2D eigenvalue weighted by Crippen LogP contribution is 2.24. The second-order valence-electron chi connectivity index (χ2n) is 5.43. The van der Waals surface area contributed by atoms with E-state index in [9.17, 15) is 0 Å². The quantitative estimate of drug-likeness (QED) is 0.543. The van der Waals surface area contributed by atoms with Crippen LogP contribution in [0, 0.1) is 0 Å². The zero-order valence-electron chi connectivity index (χ0n) is 14.6. The van der Waals surface area contributed by atoms with E-state index in [1.807, 2.05) is 29.7 Å². The molecule has 25 heavy (non-hydrogen) atoms. The normalized spacial score (nSPS) is 11.6. The van der Waals surface area contributed by atoms with Crippen LogP contribution in [0.5, 0.6) is 0 Å². The van der Waals surface area contributed by atoms with Gasteiger partial charge in [0, 0.05) is 42.6 Å². The minimum absolute atomic E-state index is 0.603. The molecule has 0 bridgehead atoms. The van der Waals surface area contributed by atoms with Gasteiger partial charge in [-0.1, -0.05) is 36.2 Å². The van der Waals surface area contributed by atoms with Crippen LogP contribution in [-0.4, -0.2) is 40.4 Å². The molecule has 0 saturated carbocycles. The van der Waals surface area contributed by atoms with Crippen LogP contribution < -0.4 is 10.6 Å². The van der Waals surface area contributed by atoms with Crippen molar-refractivity contribution in [2.75, 3.05) is 19.6 Å². The average Bonchev–Trinajstić information content (AvgIpc) is 3.05. The van der Waals surface area contributed by atoms with Gasteiger partial charge in [0.05, 0.1) is 0 Å². The molecule has 2 N–H and O–H groups in total. The van der Waals surface area contributed by atoms with Crippen molar-refractivity contribution in [2.24, 2.45) is 4.99 Å². The Balaban J connectivity index is 1.87. The van der Waals surface area contributed by atoms with Crippen molar-refractivity contribution < 1.29 is 0 Å². The first kappa shape index (κ1) is 19.5. The van der Waals surface area contributed by atoms with Crippen LogP contribution in [0.1, 0.15) is 25.2 Å². The van der Waals surface area contributed by atoms with Crippen molar-refractivity contribution in [2.45, 2.75) is 33.2 Å². The SMILES string of the molecule is CCNC(=NCCc1c(Cl)cccc1Cl)NCCn1cnnc1CC. The third kappa shape index (κ3) is 5.90. The average molecular weight is 383 g/mol. The fraction of sp³-hybridized carbons (Fsp3) is 0.471. The number of nitrogens with one attached hydrogen (secondary N) is 2. The van der Waals surface area contributed by atoms with Crippen LogP contribution >= 0.6 is 23.2 Å². The predicted octanol–water partition coefficient (Wildman–Crippen LogP) is 2.95. The maximum Gasteiger partial charge on any atom is 0.191 e. The minimum atomic E-state index is 0.603. The van der Waals surface area contributed by atoms with E-state index in [-0.39, 0.29) is 0 Å². The highest BCUT2D eigenvalue weighted by molar-refractivity contribution is 6.35. The maximum atomic E-state index is 6.20. The zero-order valence-corrected chi connectivity index (χ0v) is 16.1. The molecule has 1 aromatic carbocycles. The summed E-state index contributed by atoms with van der Waals surface area (Å²) in [6.45, 7) is 7.04. The van der Waals surface area contributed by atoms with Crippen LogP contribution in [0.2, 0.25) is 10.0 Å². The van der Waals surface area contributed by atoms with E-state index in [0.717, 1.165) is 43.4 Å². The molecule has 0 atom stereocenters. The molecule has 0 unspecified atom stereocenters. The van der Waals surface area contributed by atoms with Crippen molar-refractivity contribution in [1.82, 2.24) is 25.4 Å². The van der Waals surface area contributed by atoms with E-state index in [1.165, 1.54) is 0 Å². The minimum Gasteiger partial charge on any atom is -0.357 e. The molecule has 0 fully saturated rings. The van der Waals surface area contributed by atoms with Crippen molar-refractivity contribution in [1.29, 1.82) is 0 Å². The second-order valence-corrected chi connectivity index (χ2v) is 6.25. The van der Waals surface area contributed by atoms with Gasteiger partial charge in [-0.3, -0.25) is 4.99 Å². The third-order valence-corrected chi connectivity index (χ3v) is 4.40. The van der Waals surface area contributed by atoms with Crippen LogP contribution in [-0.2, 0) is 19.4 Å². The Kier molecular flexibility index (Phi) is 8.01. The highest BCUT2D eigenvalue weighted by atomic mass is 35.5. The Hall–Kier alpha value is -1.79. The molecule has 136 valence electrons. The van der Waals surface area contributed by atoms with Crippen LogP contribution in [0.4, 0.5) is 0 Å². The van der Waals surface area contributed by atoms with E-state index in [0.29, 0.717) is 23.0 Å². The lowest BCUT2D eigenvalue weighted by Crippen LogP contribution is -2.39. The van der Waals surface area contributed by atoms with Crippen molar-refractivity contribution in [3.63, 3.8) is 0 Å². The van der Waals surface area contributed by atoms with Crippen LogP contribution in [0.25, 0.3) is 0 Å². The van der Waals surface area contributed by atoms with E-state index in [4.69, 9.17) is 23.2 Å². The summed E-state index contributed by atoms with van der Waals surface area (Å²) in [6, 6.07) is 5.54. The Morgan fingerprint density at radius 2 is 1.96 bits per heavy atom. The summed E-state index contributed by atoms with van der Waals surface area (Å²) in [5.74, 6) is 1.76.